The smallest absolute Gasteiger partial charge is 0.294 e. The van der Waals surface area contributed by atoms with Crippen LogP contribution in [0.15, 0.2) is 18.5 Å². The number of nitrogen functional groups attached to an aromatic ring is 1. The van der Waals surface area contributed by atoms with Gasteiger partial charge in [0.1, 0.15) is 5.69 Å². The Balaban J connectivity index is 1.61. The number of nitrogens with two attached hydrogens (primary N) is 1. The molecule has 4 heterocycles. The standard InChI is InChI=1S/C21H20ClFN6O3S/c1-10-6-11(7-25-18(10)23)28-19(31)14-13-4-2-3-5-29(13)16(15(14)22)17(30)20(32)26-8-12-9-27-21(24)33-12/h6-7,9H,2-5,8H2,1H3,(H2,24,27)(H,26,32)(H,28,31). The molecule has 0 saturated carbocycles. The van der Waals surface area contributed by atoms with Crippen molar-refractivity contribution in [3.63, 3.8) is 0 Å². The summed E-state index contributed by atoms with van der Waals surface area (Å²) < 4.78 is 15.1. The Morgan fingerprint density at radius 3 is 2.76 bits per heavy atom. The summed E-state index contributed by atoms with van der Waals surface area (Å²) in [4.78, 5) is 46.8. The molecule has 4 rings (SSSR count). The van der Waals surface area contributed by atoms with Crippen LogP contribution in [0.4, 0.5) is 15.2 Å². The Kier molecular flexibility index (Phi) is 6.43. The maximum absolute atomic E-state index is 13.5. The van der Waals surface area contributed by atoms with Crippen LogP contribution in [0, 0.1) is 12.9 Å². The summed E-state index contributed by atoms with van der Waals surface area (Å²) in [5.74, 6) is -2.87. The number of hydrogen-bond acceptors (Lipinski definition) is 7. The Morgan fingerprint density at radius 1 is 1.27 bits per heavy atom. The zero-order valence-corrected chi connectivity index (χ0v) is 19.1. The number of nitrogens with zero attached hydrogens (tertiary/aromatic N) is 3. The van der Waals surface area contributed by atoms with Crippen LogP contribution in [0.1, 0.15) is 49.8 Å². The predicted molar refractivity (Wildman–Crippen MR) is 122 cm³/mol. The molecule has 0 spiro atoms. The zero-order chi connectivity index (χ0) is 23.7. The van der Waals surface area contributed by atoms with Gasteiger partial charge in [0.15, 0.2) is 5.13 Å². The van der Waals surface area contributed by atoms with Gasteiger partial charge in [-0.2, -0.15) is 4.39 Å². The van der Waals surface area contributed by atoms with Gasteiger partial charge >= 0.3 is 0 Å². The molecule has 0 bridgehead atoms. The van der Waals surface area contributed by atoms with Crippen molar-refractivity contribution in [2.24, 2.45) is 0 Å². The number of nitrogens with one attached hydrogen (secondary N) is 2. The number of anilines is 2. The average molecular weight is 491 g/mol. The van der Waals surface area contributed by atoms with E-state index in [4.69, 9.17) is 17.3 Å². The van der Waals surface area contributed by atoms with Crippen LogP contribution in [0.5, 0.6) is 0 Å². The van der Waals surface area contributed by atoms with E-state index >= 15 is 0 Å². The Morgan fingerprint density at radius 2 is 2.06 bits per heavy atom. The molecule has 0 atom stereocenters. The molecule has 4 N–H and O–H groups in total. The number of rotatable bonds is 6. The molecule has 1 aliphatic rings. The summed E-state index contributed by atoms with van der Waals surface area (Å²) in [5.41, 5.74) is 6.84. The van der Waals surface area contributed by atoms with Crippen molar-refractivity contribution in [3.05, 3.63) is 56.8 Å². The number of aryl methyl sites for hydroxylation is 1. The minimum Gasteiger partial charge on any atom is -0.375 e. The van der Waals surface area contributed by atoms with Crippen LogP contribution in [-0.4, -0.2) is 32.1 Å². The summed E-state index contributed by atoms with van der Waals surface area (Å²) >= 11 is 7.72. The molecule has 172 valence electrons. The summed E-state index contributed by atoms with van der Waals surface area (Å²) in [6, 6.07) is 1.45. The number of pyridine rings is 1. The summed E-state index contributed by atoms with van der Waals surface area (Å²) in [7, 11) is 0. The number of Topliss-reactive ketones (excluding diaryl/α,β-unsaturated/α-hetero) is 1. The van der Waals surface area contributed by atoms with E-state index in [0.29, 0.717) is 34.4 Å². The topological polar surface area (TPSA) is 132 Å². The van der Waals surface area contributed by atoms with Crippen molar-refractivity contribution in [1.29, 1.82) is 0 Å². The van der Waals surface area contributed by atoms with Gasteiger partial charge in [-0.1, -0.05) is 11.6 Å². The predicted octanol–water partition coefficient (Wildman–Crippen LogP) is 3.11. The van der Waals surface area contributed by atoms with Gasteiger partial charge in [-0.3, -0.25) is 14.4 Å². The van der Waals surface area contributed by atoms with E-state index in [1.54, 1.807) is 4.57 Å². The first-order valence-corrected chi connectivity index (χ1v) is 11.3. The van der Waals surface area contributed by atoms with Gasteiger partial charge in [0, 0.05) is 28.9 Å². The van der Waals surface area contributed by atoms with Gasteiger partial charge in [0.25, 0.3) is 17.6 Å². The molecule has 3 aromatic heterocycles. The molecule has 12 heteroatoms. The molecule has 3 aromatic rings. The fourth-order valence-electron chi connectivity index (χ4n) is 3.74. The lowest BCUT2D eigenvalue weighted by molar-refractivity contribution is -0.117. The molecule has 33 heavy (non-hydrogen) atoms. The molecule has 0 aliphatic carbocycles. The number of thiazole rings is 1. The highest BCUT2D eigenvalue weighted by Crippen LogP contribution is 2.33. The molecule has 0 radical (unpaired) electrons. The normalized spacial score (nSPS) is 12.8. The SMILES string of the molecule is Cc1cc(NC(=O)c2c(Cl)c(C(=O)C(=O)NCc3cnc(N)s3)n3c2CCCC3)cnc1F. The van der Waals surface area contributed by atoms with Gasteiger partial charge in [0.2, 0.25) is 5.95 Å². The highest BCUT2D eigenvalue weighted by molar-refractivity contribution is 7.15. The van der Waals surface area contributed by atoms with Crippen LogP contribution in [0.25, 0.3) is 0 Å². The molecule has 0 saturated heterocycles. The van der Waals surface area contributed by atoms with Crippen LogP contribution in [-0.2, 0) is 24.3 Å². The largest absolute Gasteiger partial charge is 0.375 e. The third-order valence-electron chi connectivity index (χ3n) is 5.27. The number of amides is 2. The van der Waals surface area contributed by atoms with Crippen molar-refractivity contribution < 1.29 is 18.8 Å². The van der Waals surface area contributed by atoms with Gasteiger partial charge in [0.05, 0.1) is 29.0 Å². The quantitative estimate of drug-likeness (QED) is 0.276. The van der Waals surface area contributed by atoms with E-state index in [-0.39, 0.29) is 28.4 Å². The zero-order valence-electron chi connectivity index (χ0n) is 17.6. The minimum absolute atomic E-state index is 0.0220. The van der Waals surface area contributed by atoms with Crippen molar-refractivity contribution in [1.82, 2.24) is 19.9 Å². The Labute approximate surface area is 197 Å². The lowest BCUT2D eigenvalue weighted by Gasteiger charge is -2.18. The first-order valence-electron chi connectivity index (χ1n) is 10.1. The maximum atomic E-state index is 13.5. The third-order valence-corrected chi connectivity index (χ3v) is 6.47. The summed E-state index contributed by atoms with van der Waals surface area (Å²) in [5, 5.41) is 5.47. The number of aromatic nitrogens is 3. The van der Waals surface area contributed by atoms with Crippen molar-refractivity contribution >= 4 is 51.4 Å². The number of ketones is 1. The van der Waals surface area contributed by atoms with Gasteiger partial charge in [-0.25, -0.2) is 9.97 Å². The molecule has 0 fully saturated rings. The van der Waals surface area contributed by atoms with E-state index in [2.05, 4.69) is 20.6 Å². The lowest BCUT2D eigenvalue weighted by atomic mass is 10.1. The van der Waals surface area contributed by atoms with Crippen LogP contribution in [0.2, 0.25) is 5.02 Å². The molecule has 0 aromatic carbocycles. The summed E-state index contributed by atoms with van der Waals surface area (Å²) in [6.07, 6.45) is 4.83. The second-order valence-electron chi connectivity index (χ2n) is 7.56. The number of carbonyl (C=O) groups is 3. The molecule has 0 unspecified atom stereocenters. The first kappa shape index (κ1) is 22.9. The van der Waals surface area contributed by atoms with Crippen molar-refractivity contribution in [3.8, 4) is 0 Å². The molecular weight excluding hydrogens is 471 g/mol. The summed E-state index contributed by atoms with van der Waals surface area (Å²) in [6.45, 7) is 2.08. The highest BCUT2D eigenvalue weighted by Gasteiger charge is 2.33. The molecule has 2 amide bonds. The maximum Gasteiger partial charge on any atom is 0.294 e. The number of fused-ring (bicyclic) bond motifs is 1. The van der Waals surface area contributed by atoms with Crippen LogP contribution in [0.3, 0.4) is 0 Å². The van der Waals surface area contributed by atoms with E-state index < -0.39 is 23.5 Å². The van der Waals surface area contributed by atoms with Crippen LogP contribution >= 0.6 is 22.9 Å². The Bertz CT molecular complexity index is 1270. The number of halogens is 2. The fourth-order valence-corrected chi connectivity index (χ4v) is 4.74. The van der Waals surface area contributed by atoms with Gasteiger partial charge < -0.3 is 20.9 Å². The number of carbonyl (C=O) groups excluding carboxylic acids is 3. The highest BCUT2D eigenvalue weighted by atomic mass is 35.5. The average Bonchev–Trinajstić information content (AvgIpc) is 3.33. The van der Waals surface area contributed by atoms with Gasteiger partial charge in [-0.15, -0.1) is 11.3 Å². The van der Waals surface area contributed by atoms with Gasteiger partial charge in [-0.05, 0) is 32.3 Å². The second kappa shape index (κ2) is 9.28. The lowest BCUT2D eigenvalue weighted by Crippen LogP contribution is -2.32. The molecule has 9 nitrogen and oxygen atoms in total. The van der Waals surface area contributed by atoms with E-state index in [9.17, 15) is 18.8 Å². The molecular formula is C21H20ClFN6O3S. The second-order valence-corrected chi connectivity index (χ2v) is 9.08. The van der Waals surface area contributed by atoms with E-state index in [1.807, 2.05) is 0 Å². The van der Waals surface area contributed by atoms with E-state index in [1.165, 1.54) is 36.7 Å². The number of hydrogen-bond donors (Lipinski definition) is 3. The fraction of sp³-hybridized carbons (Fsp3) is 0.286. The first-order chi connectivity index (χ1) is 15.8. The molecule has 1 aliphatic heterocycles. The third kappa shape index (κ3) is 4.60. The monoisotopic (exact) mass is 490 g/mol. The van der Waals surface area contributed by atoms with Crippen molar-refractivity contribution in [2.75, 3.05) is 11.1 Å². The van der Waals surface area contributed by atoms with E-state index in [0.717, 1.165) is 12.8 Å². The Hall–Kier alpha value is -3.31. The van der Waals surface area contributed by atoms with Crippen LogP contribution < -0.4 is 16.4 Å². The van der Waals surface area contributed by atoms with Crippen molar-refractivity contribution in [2.45, 2.75) is 39.3 Å². The minimum atomic E-state index is -0.847.